The smallest absolute Gasteiger partial charge is 0.254 e. The Morgan fingerprint density at radius 1 is 1.30 bits per heavy atom. The lowest BCUT2D eigenvalue weighted by Gasteiger charge is -2.22. The molecule has 1 amide bonds. The number of hydrogen-bond donors (Lipinski definition) is 0. The number of thiophene rings is 1. The summed E-state index contributed by atoms with van der Waals surface area (Å²) in [5.74, 6) is 1.50. The molecular formula is C21H22N2O3S. The summed E-state index contributed by atoms with van der Waals surface area (Å²) in [6, 6.07) is 11.9. The molecule has 2 aromatic heterocycles. The van der Waals surface area contributed by atoms with Crippen LogP contribution in [0, 0.1) is 13.8 Å². The highest BCUT2D eigenvalue weighted by molar-refractivity contribution is 7.09. The lowest BCUT2D eigenvalue weighted by Crippen LogP contribution is -2.32. The van der Waals surface area contributed by atoms with E-state index in [1.54, 1.807) is 11.3 Å². The fourth-order valence-electron chi connectivity index (χ4n) is 3.07. The minimum Gasteiger partial charge on any atom is -0.489 e. The molecule has 2 heterocycles. The number of carbonyl (C=O) groups excluding carboxylic acids is 1. The van der Waals surface area contributed by atoms with E-state index >= 15 is 0 Å². The van der Waals surface area contributed by atoms with Crippen LogP contribution in [0.2, 0.25) is 0 Å². The third-order valence-electron chi connectivity index (χ3n) is 4.80. The summed E-state index contributed by atoms with van der Waals surface area (Å²) >= 11 is 1.69. The molecular weight excluding hydrogens is 360 g/mol. The average Bonchev–Trinajstić information content (AvgIpc) is 3.29. The maximum atomic E-state index is 13.1. The van der Waals surface area contributed by atoms with E-state index < -0.39 is 0 Å². The van der Waals surface area contributed by atoms with E-state index in [1.165, 1.54) is 4.88 Å². The standard InChI is InChI=1S/C21H22N2O3S/c1-14-20(15(2)26-22-14)13-25-18-6-3-5-16(11-18)21(24)23(17-8-9-17)12-19-7-4-10-27-19/h3-7,10-11,17H,8-9,12-13H2,1-2H3. The van der Waals surface area contributed by atoms with Crippen molar-refractivity contribution in [3.05, 3.63) is 69.2 Å². The minimum absolute atomic E-state index is 0.0636. The van der Waals surface area contributed by atoms with Gasteiger partial charge in [-0.3, -0.25) is 4.79 Å². The second kappa shape index (κ2) is 7.56. The van der Waals surface area contributed by atoms with Crippen molar-refractivity contribution in [3.63, 3.8) is 0 Å². The highest BCUT2D eigenvalue weighted by atomic mass is 32.1. The highest BCUT2D eigenvalue weighted by Gasteiger charge is 2.33. The Morgan fingerprint density at radius 2 is 2.15 bits per heavy atom. The SMILES string of the molecule is Cc1noc(C)c1COc1cccc(C(=O)N(Cc2cccs2)C2CC2)c1. The molecule has 3 aromatic rings. The molecule has 1 fully saturated rings. The summed E-state index contributed by atoms with van der Waals surface area (Å²) in [5.41, 5.74) is 2.44. The second-order valence-corrected chi connectivity index (χ2v) is 7.90. The fraction of sp³-hybridized carbons (Fsp3) is 0.333. The van der Waals surface area contributed by atoms with Crippen LogP contribution in [0.25, 0.3) is 0 Å². The van der Waals surface area contributed by atoms with Crippen molar-refractivity contribution in [1.82, 2.24) is 10.1 Å². The molecule has 0 bridgehead atoms. The fourth-order valence-corrected chi connectivity index (χ4v) is 3.77. The van der Waals surface area contributed by atoms with Gasteiger partial charge in [-0.2, -0.15) is 0 Å². The topological polar surface area (TPSA) is 55.6 Å². The average molecular weight is 382 g/mol. The first kappa shape index (κ1) is 17.8. The van der Waals surface area contributed by atoms with Crippen LogP contribution in [0.3, 0.4) is 0 Å². The monoisotopic (exact) mass is 382 g/mol. The Morgan fingerprint density at radius 3 is 2.81 bits per heavy atom. The first-order valence-electron chi connectivity index (χ1n) is 9.10. The van der Waals surface area contributed by atoms with Gasteiger partial charge >= 0.3 is 0 Å². The van der Waals surface area contributed by atoms with Gasteiger partial charge in [0.05, 0.1) is 17.8 Å². The van der Waals surface area contributed by atoms with Gasteiger partial charge in [0.25, 0.3) is 5.91 Å². The quantitative estimate of drug-likeness (QED) is 0.592. The molecule has 6 heteroatoms. The van der Waals surface area contributed by atoms with Gasteiger partial charge in [-0.1, -0.05) is 17.3 Å². The molecule has 4 rings (SSSR count). The van der Waals surface area contributed by atoms with Crippen molar-refractivity contribution in [1.29, 1.82) is 0 Å². The van der Waals surface area contributed by atoms with Crippen molar-refractivity contribution in [2.75, 3.05) is 0 Å². The number of benzene rings is 1. The van der Waals surface area contributed by atoms with E-state index in [-0.39, 0.29) is 5.91 Å². The lowest BCUT2D eigenvalue weighted by molar-refractivity contribution is 0.0731. The van der Waals surface area contributed by atoms with Gasteiger partial charge in [0.15, 0.2) is 0 Å². The number of nitrogens with zero attached hydrogens (tertiary/aromatic N) is 2. The van der Waals surface area contributed by atoms with Crippen molar-refractivity contribution in [2.24, 2.45) is 0 Å². The van der Waals surface area contributed by atoms with Crippen molar-refractivity contribution in [3.8, 4) is 5.75 Å². The van der Waals surface area contributed by atoms with Gasteiger partial charge in [0.1, 0.15) is 18.1 Å². The van der Waals surface area contributed by atoms with Crippen LogP contribution in [0.15, 0.2) is 46.3 Å². The summed E-state index contributed by atoms with van der Waals surface area (Å²) in [5, 5.41) is 5.99. The van der Waals surface area contributed by atoms with Gasteiger partial charge < -0.3 is 14.2 Å². The Kier molecular flexibility index (Phi) is 4.99. The Labute approximate surface area is 162 Å². The maximum Gasteiger partial charge on any atom is 0.254 e. The van der Waals surface area contributed by atoms with Crippen molar-refractivity contribution >= 4 is 17.2 Å². The van der Waals surface area contributed by atoms with E-state index in [9.17, 15) is 4.79 Å². The Balaban J connectivity index is 1.48. The maximum absolute atomic E-state index is 13.1. The highest BCUT2D eigenvalue weighted by Crippen LogP contribution is 2.31. The lowest BCUT2D eigenvalue weighted by atomic mass is 10.1. The van der Waals surface area contributed by atoms with Crippen LogP contribution in [-0.2, 0) is 13.2 Å². The molecule has 27 heavy (non-hydrogen) atoms. The van der Waals surface area contributed by atoms with Crippen molar-refractivity contribution < 1.29 is 14.1 Å². The van der Waals surface area contributed by atoms with Gasteiger partial charge in [-0.15, -0.1) is 11.3 Å². The molecule has 0 unspecified atom stereocenters. The van der Waals surface area contributed by atoms with E-state index in [1.807, 2.05) is 54.5 Å². The predicted molar refractivity (Wildman–Crippen MR) is 104 cm³/mol. The van der Waals surface area contributed by atoms with Gasteiger partial charge in [0, 0.05) is 16.5 Å². The van der Waals surface area contributed by atoms with Crippen LogP contribution < -0.4 is 4.74 Å². The molecule has 1 aromatic carbocycles. The molecule has 1 saturated carbocycles. The van der Waals surface area contributed by atoms with Crippen LogP contribution in [0.5, 0.6) is 5.75 Å². The molecule has 0 N–H and O–H groups in total. The summed E-state index contributed by atoms with van der Waals surface area (Å²) in [6.07, 6.45) is 2.17. The van der Waals surface area contributed by atoms with Gasteiger partial charge in [-0.05, 0) is 56.3 Å². The zero-order valence-electron chi connectivity index (χ0n) is 15.5. The van der Waals surface area contributed by atoms with Crippen LogP contribution >= 0.6 is 11.3 Å². The van der Waals surface area contributed by atoms with E-state index in [0.717, 1.165) is 29.9 Å². The number of aromatic nitrogens is 1. The number of ether oxygens (including phenoxy) is 1. The number of hydrogen-bond acceptors (Lipinski definition) is 5. The first-order chi connectivity index (χ1) is 13.1. The summed E-state index contributed by atoms with van der Waals surface area (Å²) in [4.78, 5) is 16.3. The predicted octanol–water partition coefficient (Wildman–Crippen LogP) is 4.74. The molecule has 1 aliphatic rings. The van der Waals surface area contributed by atoms with E-state index in [0.29, 0.717) is 30.5 Å². The van der Waals surface area contributed by atoms with Crippen LogP contribution in [0.1, 0.15) is 45.1 Å². The third-order valence-corrected chi connectivity index (χ3v) is 5.66. The number of aryl methyl sites for hydroxylation is 2. The third kappa shape index (κ3) is 4.06. The van der Waals surface area contributed by atoms with Crippen LogP contribution in [-0.4, -0.2) is 22.0 Å². The van der Waals surface area contributed by atoms with E-state index in [4.69, 9.17) is 9.26 Å². The molecule has 5 nitrogen and oxygen atoms in total. The van der Waals surface area contributed by atoms with Crippen LogP contribution in [0.4, 0.5) is 0 Å². The number of carbonyl (C=O) groups is 1. The molecule has 140 valence electrons. The molecule has 0 atom stereocenters. The molecule has 1 aliphatic carbocycles. The largest absolute Gasteiger partial charge is 0.489 e. The summed E-state index contributed by atoms with van der Waals surface area (Å²) in [6.45, 7) is 4.82. The molecule has 0 radical (unpaired) electrons. The molecule has 0 aliphatic heterocycles. The molecule has 0 spiro atoms. The first-order valence-corrected chi connectivity index (χ1v) is 9.98. The van der Waals surface area contributed by atoms with Gasteiger partial charge in [-0.25, -0.2) is 0 Å². The normalized spacial score (nSPS) is 13.6. The van der Waals surface area contributed by atoms with E-state index in [2.05, 4.69) is 11.2 Å². The Hall–Kier alpha value is -2.60. The molecule has 0 saturated heterocycles. The minimum atomic E-state index is 0.0636. The zero-order valence-corrected chi connectivity index (χ0v) is 16.3. The summed E-state index contributed by atoms with van der Waals surface area (Å²) < 4.78 is 11.1. The zero-order chi connectivity index (χ0) is 18.8. The number of amides is 1. The van der Waals surface area contributed by atoms with Crippen molar-refractivity contribution in [2.45, 2.75) is 45.9 Å². The Bertz CT molecular complexity index is 909. The van der Waals surface area contributed by atoms with Gasteiger partial charge in [0.2, 0.25) is 0 Å². The summed E-state index contributed by atoms with van der Waals surface area (Å²) in [7, 11) is 0. The second-order valence-electron chi connectivity index (χ2n) is 6.86. The number of rotatable bonds is 7.